The predicted molar refractivity (Wildman–Crippen MR) is 77.4 cm³/mol. The summed E-state index contributed by atoms with van der Waals surface area (Å²) in [4.78, 5) is 9.92. The smallest absolute Gasteiger partial charge is 0.367 e. The molecule has 7 nitrogen and oxygen atoms in total. The highest BCUT2D eigenvalue weighted by atomic mass is 32.2. The van der Waals surface area contributed by atoms with E-state index in [2.05, 4.69) is 4.72 Å². The lowest BCUT2D eigenvalue weighted by Crippen LogP contribution is -2.19. The number of nitro benzene ring substituents is 1. The Labute approximate surface area is 121 Å². The van der Waals surface area contributed by atoms with Gasteiger partial charge in [-0.1, -0.05) is 12.1 Å². The Morgan fingerprint density at radius 2 is 1.81 bits per heavy atom. The minimum absolute atomic E-state index is 0.0132. The maximum absolute atomic E-state index is 11.8. The molecule has 0 atom stereocenters. The zero-order chi connectivity index (χ0) is 15.5. The molecule has 0 spiro atoms. The summed E-state index contributed by atoms with van der Waals surface area (Å²) in [5, 5.41) is 10.5. The van der Waals surface area contributed by atoms with Gasteiger partial charge in [0, 0.05) is 12.1 Å². The predicted octanol–water partition coefficient (Wildman–Crippen LogP) is 2.64. The van der Waals surface area contributed by atoms with E-state index < -0.39 is 15.2 Å². The Bertz CT molecular complexity index is 756. The highest BCUT2D eigenvalue weighted by molar-refractivity contribution is 7.88. The highest BCUT2D eigenvalue weighted by Crippen LogP contribution is 2.20. The van der Waals surface area contributed by atoms with Gasteiger partial charge in [0.15, 0.2) is 0 Å². The van der Waals surface area contributed by atoms with Gasteiger partial charge in [-0.2, -0.15) is 8.42 Å². The van der Waals surface area contributed by atoms with Gasteiger partial charge in [-0.25, -0.2) is 0 Å². The molecule has 8 heteroatoms. The zero-order valence-corrected chi connectivity index (χ0v) is 11.8. The van der Waals surface area contributed by atoms with Crippen molar-refractivity contribution in [2.24, 2.45) is 0 Å². The fourth-order valence-corrected chi connectivity index (χ4v) is 2.45. The second-order valence-corrected chi connectivity index (χ2v) is 5.54. The summed E-state index contributed by atoms with van der Waals surface area (Å²) < 4.78 is 30.7. The number of nitrogens with one attached hydrogen (secondary N) is 1. The molecule has 0 amide bonds. The molecular weight excluding hydrogens is 296 g/mol. The van der Waals surface area contributed by atoms with Crippen molar-refractivity contribution in [3.63, 3.8) is 0 Å². The molecule has 2 rings (SSSR count). The van der Waals surface area contributed by atoms with Gasteiger partial charge in [0.25, 0.3) is 5.69 Å². The first-order valence-corrected chi connectivity index (χ1v) is 7.30. The van der Waals surface area contributed by atoms with Gasteiger partial charge in [0.1, 0.15) is 5.75 Å². The third-order valence-electron chi connectivity index (χ3n) is 2.51. The van der Waals surface area contributed by atoms with E-state index >= 15 is 0 Å². The van der Waals surface area contributed by atoms with Gasteiger partial charge < -0.3 is 4.18 Å². The third-order valence-corrected chi connectivity index (χ3v) is 3.41. The van der Waals surface area contributed by atoms with Gasteiger partial charge >= 0.3 is 10.3 Å². The van der Waals surface area contributed by atoms with Crippen LogP contribution >= 0.6 is 0 Å². The van der Waals surface area contributed by atoms with Crippen LogP contribution in [-0.2, 0) is 10.3 Å². The summed E-state index contributed by atoms with van der Waals surface area (Å²) in [5.41, 5.74) is 1.12. The van der Waals surface area contributed by atoms with E-state index in [-0.39, 0.29) is 11.4 Å². The van der Waals surface area contributed by atoms with Crippen LogP contribution in [0.25, 0.3) is 0 Å². The molecule has 0 aliphatic carbocycles. The van der Waals surface area contributed by atoms with Crippen molar-refractivity contribution in [1.29, 1.82) is 0 Å². The lowest BCUT2D eigenvalue weighted by Gasteiger charge is -2.09. The van der Waals surface area contributed by atoms with Crippen LogP contribution in [-0.4, -0.2) is 13.3 Å². The first-order chi connectivity index (χ1) is 9.85. The van der Waals surface area contributed by atoms with Crippen LogP contribution in [0, 0.1) is 17.0 Å². The van der Waals surface area contributed by atoms with Crippen LogP contribution < -0.4 is 8.91 Å². The number of nitrogens with zero attached hydrogens (tertiary/aromatic N) is 1. The number of aryl methyl sites for hydroxylation is 1. The van der Waals surface area contributed by atoms with Crippen molar-refractivity contribution < 1.29 is 17.5 Å². The van der Waals surface area contributed by atoms with E-state index in [9.17, 15) is 18.5 Å². The van der Waals surface area contributed by atoms with Crippen LogP contribution in [0.5, 0.6) is 5.75 Å². The van der Waals surface area contributed by atoms with Crippen molar-refractivity contribution in [3.05, 3.63) is 64.2 Å². The van der Waals surface area contributed by atoms with E-state index in [4.69, 9.17) is 4.18 Å². The van der Waals surface area contributed by atoms with Crippen LogP contribution in [0.3, 0.4) is 0 Å². The fraction of sp³-hybridized carbons (Fsp3) is 0.0769. The Balaban J connectivity index is 2.12. The summed E-state index contributed by atoms with van der Waals surface area (Å²) in [7, 11) is -4.06. The molecule has 0 aliphatic heterocycles. The molecule has 0 saturated heterocycles. The van der Waals surface area contributed by atoms with E-state index in [0.717, 1.165) is 17.7 Å². The van der Waals surface area contributed by atoms with E-state index in [1.54, 1.807) is 18.2 Å². The molecule has 0 aromatic heterocycles. The lowest BCUT2D eigenvalue weighted by molar-refractivity contribution is -0.384. The van der Waals surface area contributed by atoms with Crippen molar-refractivity contribution in [1.82, 2.24) is 0 Å². The topological polar surface area (TPSA) is 98.5 Å². The van der Waals surface area contributed by atoms with Crippen LogP contribution in [0.1, 0.15) is 5.56 Å². The maximum Gasteiger partial charge on any atom is 0.407 e. The minimum atomic E-state index is -4.06. The van der Waals surface area contributed by atoms with Crippen LogP contribution in [0.4, 0.5) is 11.4 Å². The second-order valence-electron chi connectivity index (χ2n) is 4.26. The van der Waals surface area contributed by atoms with Crippen molar-refractivity contribution in [2.45, 2.75) is 6.92 Å². The van der Waals surface area contributed by atoms with E-state index in [1.807, 2.05) is 13.0 Å². The monoisotopic (exact) mass is 308 g/mol. The Morgan fingerprint density at radius 1 is 1.14 bits per heavy atom. The number of hydrogen-bond acceptors (Lipinski definition) is 5. The number of hydrogen-bond donors (Lipinski definition) is 1. The van der Waals surface area contributed by atoms with E-state index in [1.165, 1.54) is 12.1 Å². The molecule has 0 bridgehead atoms. The van der Waals surface area contributed by atoms with Crippen LogP contribution in [0.2, 0.25) is 0 Å². The summed E-state index contributed by atoms with van der Waals surface area (Å²) in [6, 6.07) is 11.5. The highest BCUT2D eigenvalue weighted by Gasteiger charge is 2.14. The summed E-state index contributed by atoms with van der Waals surface area (Å²) in [6.45, 7) is 1.83. The minimum Gasteiger partial charge on any atom is -0.367 e. The lowest BCUT2D eigenvalue weighted by atomic mass is 10.2. The molecular formula is C13H12N2O5S. The Kier molecular flexibility index (Phi) is 4.08. The molecule has 2 aromatic rings. The standard InChI is InChI=1S/C13H12N2O5S/c1-10-3-2-4-11(9-10)14-21(18,19)20-13-7-5-12(6-8-13)15(16)17/h2-9,14H,1H3. The number of non-ortho nitro benzene ring substituents is 1. The number of anilines is 1. The van der Waals surface area contributed by atoms with Crippen molar-refractivity contribution >= 4 is 21.7 Å². The number of rotatable bonds is 5. The van der Waals surface area contributed by atoms with Crippen molar-refractivity contribution in [3.8, 4) is 5.75 Å². The fourth-order valence-electron chi connectivity index (χ4n) is 1.62. The Morgan fingerprint density at radius 3 is 2.38 bits per heavy atom. The normalized spacial score (nSPS) is 10.9. The second kappa shape index (κ2) is 5.80. The van der Waals surface area contributed by atoms with Gasteiger partial charge in [0.05, 0.1) is 10.6 Å². The average Bonchev–Trinajstić information content (AvgIpc) is 2.38. The molecule has 2 aromatic carbocycles. The molecule has 110 valence electrons. The van der Waals surface area contributed by atoms with Gasteiger partial charge in [-0.15, -0.1) is 0 Å². The summed E-state index contributed by atoms with van der Waals surface area (Å²) in [5.74, 6) is -0.0132. The number of benzene rings is 2. The average molecular weight is 308 g/mol. The largest absolute Gasteiger partial charge is 0.407 e. The van der Waals surface area contributed by atoms with Crippen LogP contribution in [0.15, 0.2) is 48.5 Å². The summed E-state index contributed by atoms with van der Waals surface area (Å²) in [6.07, 6.45) is 0. The molecule has 0 unspecified atom stereocenters. The number of nitro groups is 1. The molecule has 1 N–H and O–H groups in total. The molecule has 0 fully saturated rings. The zero-order valence-electron chi connectivity index (χ0n) is 11.0. The van der Waals surface area contributed by atoms with E-state index in [0.29, 0.717) is 5.69 Å². The quantitative estimate of drug-likeness (QED) is 0.676. The van der Waals surface area contributed by atoms with Gasteiger partial charge in [-0.3, -0.25) is 14.8 Å². The molecule has 0 aliphatic rings. The van der Waals surface area contributed by atoms with Crippen molar-refractivity contribution in [2.75, 3.05) is 4.72 Å². The molecule has 0 radical (unpaired) electrons. The third kappa shape index (κ3) is 4.18. The maximum atomic E-state index is 11.8. The SMILES string of the molecule is Cc1cccc(NS(=O)(=O)Oc2ccc([N+](=O)[O-])cc2)c1. The summed E-state index contributed by atoms with van der Waals surface area (Å²) >= 11 is 0. The molecule has 0 saturated carbocycles. The Hall–Kier alpha value is -2.61. The first kappa shape index (κ1) is 14.8. The van der Waals surface area contributed by atoms with Gasteiger partial charge in [0.2, 0.25) is 0 Å². The first-order valence-electron chi connectivity index (χ1n) is 5.89. The molecule has 21 heavy (non-hydrogen) atoms. The van der Waals surface area contributed by atoms with Gasteiger partial charge in [-0.05, 0) is 36.8 Å². The molecule has 0 heterocycles.